The molecule has 3 aliphatic carbocycles. The van der Waals surface area contributed by atoms with E-state index in [1.165, 1.54) is 5.57 Å². The van der Waals surface area contributed by atoms with Gasteiger partial charge in [0.25, 0.3) is 0 Å². The van der Waals surface area contributed by atoms with Crippen LogP contribution in [0.3, 0.4) is 0 Å². The topological polar surface area (TPSA) is 65.6 Å². The van der Waals surface area contributed by atoms with Crippen molar-refractivity contribution in [1.29, 1.82) is 0 Å². The SMILES string of the molecule is C=C1CCC2[C@@H](O)C(C3(C)CC[C@H](O)C[C@@H]3CNCc3ccco3)CCC12C. The molecule has 7 atom stereocenters. The van der Waals surface area contributed by atoms with Crippen molar-refractivity contribution in [3.05, 3.63) is 36.3 Å². The standard InChI is InChI=1S/C24H37NO3/c1-16-6-7-20-22(27)21(9-11-23(16,20)2)24(3)10-8-18(26)13-17(24)14-25-15-19-5-4-12-28-19/h4-5,12,17-18,20-22,25-27H,1,6-11,13-15H2,2-3H3/t17-,18+,20?,21?,22-,23?,24?/m1/s1. The molecule has 4 nitrogen and oxygen atoms in total. The van der Waals surface area contributed by atoms with Crippen molar-refractivity contribution in [2.75, 3.05) is 6.54 Å². The molecule has 4 rings (SSSR count). The molecule has 3 N–H and O–H groups in total. The average Bonchev–Trinajstić information content (AvgIpc) is 3.27. The Balaban J connectivity index is 1.49. The first-order valence-electron chi connectivity index (χ1n) is 11.1. The van der Waals surface area contributed by atoms with Crippen LogP contribution in [-0.4, -0.2) is 29.0 Å². The van der Waals surface area contributed by atoms with Gasteiger partial charge in [-0.15, -0.1) is 0 Å². The zero-order chi connectivity index (χ0) is 19.9. The number of aliphatic hydroxyl groups excluding tert-OH is 2. The van der Waals surface area contributed by atoms with E-state index in [2.05, 4.69) is 25.7 Å². The third kappa shape index (κ3) is 3.38. The number of aliphatic hydroxyl groups is 2. The average molecular weight is 388 g/mol. The molecular weight excluding hydrogens is 350 g/mol. The van der Waals surface area contributed by atoms with Crippen LogP contribution in [0.2, 0.25) is 0 Å². The van der Waals surface area contributed by atoms with E-state index in [9.17, 15) is 10.2 Å². The fraction of sp³-hybridized carbons (Fsp3) is 0.750. The summed E-state index contributed by atoms with van der Waals surface area (Å²) in [7, 11) is 0. The summed E-state index contributed by atoms with van der Waals surface area (Å²) in [5.41, 5.74) is 1.52. The van der Waals surface area contributed by atoms with Gasteiger partial charge in [0.2, 0.25) is 0 Å². The summed E-state index contributed by atoms with van der Waals surface area (Å²) in [6.45, 7) is 10.6. The molecule has 1 heterocycles. The Morgan fingerprint density at radius 1 is 1.18 bits per heavy atom. The summed E-state index contributed by atoms with van der Waals surface area (Å²) in [6, 6.07) is 3.90. The van der Waals surface area contributed by atoms with E-state index < -0.39 is 0 Å². The van der Waals surface area contributed by atoms with Gasteiger partial charge in [0, 0.05) is 0 Å². The third-order valence-corrected chi connectivity index (χ3v) is 8.80. The smallest absolute Gasteiger partial charge is 0.117 e. The molecule has 3 saturated carbocycles. The fourth-order valence-corrected chi connectivity index (χ4v) is 6.72. The van der Waals surface area contributed by atoms with E-state index in [1.807, 2.05) is 12.1 Å². The second kappa shape index (κ2) is 7.62. The number of hydrogen-bond acceptors (Lipinski definition) is 4. The summed E-state index contributed by atoms with van der Waals surface area (Å²) >= 11 is 0. The summed E-state index contributed by atoms with van der Waals surface area (Å²) in [5, 5.41) is 25.4. The van der Waals surface area contributed by atoms with Crippen LogP contribution in [-0.2, 0) is 6.54 Å². The van der Waals surface area contributed by atoms with Gasteiger partial charge in [0.1, 0.15) is 5.76 Å². The van der Waals surface area contributed by atoms with Gasteiger partial charge in [-0.2, -0.15) is 0 Å². The highest BCUT2D eigenvalue weighted by Gasteiger charge is 2.56. The lowest BCUT2D eigenvalue weighted by molar-refractivity contribution is -0.118. The normalized spacial score (nSPS) is 43.9. The minimum absolute atomic E-state index is 0.0556. The molecule has 4 unspecified atom stereocenters. The molecular formula is C24H37NO3. The zero-order valence-electron chi connectivity index (χ0n) is 17.5. The van der Waals surface area contributed by atoms with Gasteiger partial charge in [0.15, 0.2) is 0 Å². The van der Waals surface area contributed by atoms with Gasteiger partial charge in [0.05, 0.1) is 25.0 Å². The highest BCUT2D eigenvalue weighted by Crippen LogP contribution is 2.61. The first-order chi connectivity index (χ1) is 13.3. The first-order valence-corrected chi connectivity index (χ1v) is 11.1. The van der Waals surface area contributed by atoms with Gasteiger partial charge in [-0.1, -0.05) is 26.0 Å². The molecule has 0 aliphatic heterocycles. The van der Waals surface area contributed by atoms with Gasteiger partial charge in [-0.25, -0.2) is 0 Å². The predicted molar refractivity (Wildman–Crippen MR) is 111 cm³/mol. The van der Waals surface area contributed by atoms with Gasteiger partial charge >= 0.3 is 0 Å². The molecule has 3 fully saturated rings. The number of furan rings is 1. The molecule has 28 heavy (non-hydrogen) atoms. The molecule has 0 saturated heterocycles. The minimum Gasteiger partial charge on any atom is -0.468 e. The van der Waals surface area contributed by atoms with Crippen molar-refractivity contribution < 1.29 is 14.6 Å². The Morgan fingerprint density at radius 2 is 2.00 bits per heavy atom. The number of fused-ring (bicyclic) bond motifs is 1. The molecule has 4 heteroatoms. The van der Waals surface area contributed by atoms with Crippen molar-refractivity contribution in [2.24, 2.45) is 28.6 Å². The van der Waals surface area contributed by atoms with Gasteiger partial charge in [-0.05, 0) is 92.2 Å². The van der Waals surface area contributed by atoms with Crippen molar-refractivity contribution in [2.45, 2.75) is 77.5 Å². The van der Waals surface area contributed by atoms with Crippen molar-refractivity contribution >= 4 is 0 Å². The Morgan fingerprint density at radius 3 is 2.75 bits per heavy atom. The third-order valence-electron chi connectivity index (χ3n) is 8.80. The number of allylic oxidation sites excluding steroid dienone is 1. The van der Waals surface area contributed by atoms with E-state index in [1.54, 1.807) is 6.26 Å². The quantitative estimate of drug-likeness (QED) is 0.660. The van der Waals surface area contributed by atoms with Crippen LogP contribution < -0.4 is 5.32 Å². The van der Waals surface area contributed by atoms with E-state index in [-0.39, 0.29) is 23.0 Å². The fourth-order valence-electron chi connectivity index (χ4n) is 6.72. The Bertz CT molecular complexity index is 686. The first kappa shape index (κ1) is 20.2. The minimum atomic E-state index is -0.259. The summed E-state index contributed by atoms with van der Waals surface area (Å²) < 4.78 is 5.44. The van der Waals surface area contributed by atoms with Crippen molar-refractivity contribution in [1.82, 2.24) is 5.32 Å². The van der Waals surface area contributed by atoms with E-state index in [4.69, 9.17) is 4.42 Å². The Labute approximate surface area is 169 Å². The molecule has 0 spiro atoms. The van der Waals surface area contributed by atoms with Gasteiger partial charge < -0.3 is 19.9 Å². The van der Waals surface area contributed by atoms with Crippen LogP contribution in [0, 0.1) is 28.6 Å². The summed E-state index contributed by atoms with van der Waals surface area (Å²) in [4.78, 5) is 0. The maximum atomic E-state index is 11.5. The van der Waals surface area contributed by atoms with Crippen molar-refractivity contribution in [3.63, 3.8) is 0 Å². The largest absolute Gasteiger partial charge is 0.468 e. The molecule has 0 radical (unpaired) electrons. The van der Waals surface area contributed by atoms with Crippen molar-refractivity contribution in [3.8, 4) is 0 Å². The number of nitrogens with one attached hydrogen (secondary N) is 1. The molecule has 3 aliphatic rings. The van der Waals surface area contributed by atoms with E-state index in [0.29, 0.717) is 24.3 Å². The van der Waals surface area contributed by atoms with Gasteiger partial charge in [-0.3, -0.25) is 0 Å². The lowest BCUT2D eigenvalue weighted by atomic mass is 9.52. The highest BCUT2D eigenvalue weighted by atomic mass is 16.3. The van der Waals surface area contributed by atoms with Crippen LogP contribution in [0.4, 0.5) is 0 Å². The maximum Gasteiger partial charge on any atom is 0.117 e. The summed E-state index contributed by atoms with van der Waals surface area (Å²) in [5.74, 6) is 1.95. The molecule has 1 aromatic heterocycles. The molecule has 0 bridgehead atoms. The van der Waals surface area contributed by atoms with Crippen LogP contribution in [0.1, 0.15) is 64.6 Å². The number of rotatable bonds is 5. The van der Waals surface area contributed by atoms with E-state index >= 15 is 0 Å². The lowest BCUT2D eigenvalue weighted by Crippen LogP contribution is -2.54. The van der Waals surface area contributed by atoms with Crippen LogP contribution >= 0.6 is 0 Å². The molecule has 0 amide bonds. The Hall–Kier alpha value is -1.10. The van der Waals surface area contributed by atoms with Crippen LogP contribution in [0.25, 0.3) is 0 Å². The second-order valence-corrected chi connectivity index (χ2v) is 10.1. The molecule has 1 aromatic rings. The predicted octanol–water partition coefficient (Wildman–Crippen LogP) is 4.28. The van der Waals surface area contributed by atoms with E-state index in [0.717, 1.165) is 57.3 Å². The molecule has 0 aromatic carbocycles. The lowest BCUT2D eigenvalue weighted by Gasteiger charge is -2.55. The molecule has 156 valence electrons. The number of hydrogen-bond donors (Lipinski definition) is 3. The van der Waals surface area contributed by atoms with Crippen LogP contribution in [0.5, 0.6) is 0 Å². The second-order valence-electron chi connectivity index (χ2n) is 10.1. The highest BCUT2D eigenvalue weighted by molar-refractivity contribution is 5.21. The Kier molecular flexibility index (Phi) is 5.49. The zero-order valence-corrected chi connectivity index (χ0v) is 17.5. The summed E-state index contributed by atoms with van der Waals surface area (Å²) in [6.07, 6.45) is 8.23. The van der Waals surface area contributed by atoms with Crippen LogP contribution in [0.15, 0.2) is 35.0 Å². The maximum absolute atomic E-state index is 11.5. The monoisotopic (exact) mass is 387 g/mol.